The van der Waals surface area contributed by atoms with Crippen molar-refractivity contribution in [1.82, 2.24) is 28.2 Å². The molecule has 2 heterocycles. The molecule has 0 bridgehead atoms. The van der Waals surface area contributed by atoms with Crippen LogP contribution in [-0.2, 0) is 33.1 Å². The lowest BCUT2D eigenvalue weighted by Crippen LogP contribution is -2.32. The van der Waals surface area contributed by atoms with Gasteiger partial charge in [0.2, 0.25) is 20.0 Å². The predicted octanol–water partition coefficient (Wildman–Crippen LogP) is 10.7. The fraction of sp³-hybridized carbons (Fsp3) is 0.222. The first-order chi connectivity index (χ1) is 32.9. The Bertz CT molecular complexity index is 2910. The minimum atomic E-state index is -3.95. The standard InChI is InChI=1S/C54H56N6O6S2/c1-41-19-31-51(32-20-41)67(61,62)57(37-45-39-59(47-15-9-7-10-16-47)55-53(45)43-23-27-49(65-3)28-24-43)35-13-5-6-14-36-58(68(63,64)52-33-21-42(2)22-34-52)38-46-40-60(48-17-11-8-12-18-48)56-54(46)44-25-29-50(66-4)30-26-44/h7-12,15-34,39-40H,5-6,13-14,35-38H2,1-4H3. The average molecular weight is 949 g/mol. The molecule has 0 saturated carbocycles. The Labute approximate surface area is 400 Å². The molecule has 8 aromatic rings. The van der Waals surface area contributed by atoms with Crippen LogP contribution >= 0.6 is 0 Å². The number of hydrogen-bond donors (Lipinski definition) is 0. The Balaban J connectivity index is 1.04. The first-order valence-corrected chi connectivity index (χ1v) is 25.5. The molecular formula is C54H56N6O6S2. The van der Waals surface area contributed by atoms with Gasteiger partial charge in [0.25, 0.3) is 0 Å². The van der Waals surface area contributed by atoms with Crippen LogP contribution in [0, 0.1) is 13.8 Å². The highest BCUT2D eigenvalue weighted by Gasteiger charge is 2.29. The van der Waals surface area contributed by atoms with E-state index in [1.54, 1.807) is 47.8 Å². The summed E-state index contributed by atoms with van der Waals surface area (Å²) in [5.41, 5.74) is 8.11. The average Bonchev–Trinajstić information content (AvgIpc) is 4.00. The van der Waals surface area contributed by atoms with Crippen LogP contribution in [0.3, 0.4) is 0 Å². The summed E-state index contributed by atoms with van der Waals surface area (Å²) in [6.45, 7) is 4.50. The number of nitrogens with zero attached hydrogens (tertiary/aromatic N) is 6. The van der Waals surface area contributed by atoms with Crippen LogP contribution in [-0.4, -0.2) is 72.3 Å². The third kappa shape index (κ3) is 11.1. The molecular weight excluding hydrogens is 893 g/mol. The second-order valence-corrected chi connectivity index (χ2v) is 20.6. The first-order valence-electron chi connectivity index (χ1n) is 22.6. The summed E-state index contributed by atoms with van der Waals surface area (Å²) in [5.74, 6) is 1.41. The molecule has 0 N–H and O–H groups in total. The van der Waals surface area contributed by atoms with Gasteiger partial charge in [-0.15, -0.1) is 0 Å². The molecule has 2 aromatic heterocycles. The number of para-hydroxylation sites is 2. The van der Waals surface area contributed by atoms with Gasteiger partial charge in [0.05, 0.1) is 46.8 Å². The third-order valence-corrected chi connectivity index (χ3v) is 15.6. The van der Waals surface area contributed by atoms with Crippen LogP contribution < -0.4 is 9.47 Å². The molecule has 68 heavy (non-hydrogen) atoms. The molecule has 0 saturated heterocycles. The van der Waals surface area contributed by atoms with Crippen molar-refractivity contribution in [1.29, 1.82) is 0 Å². The maximum atomic E-state index is 14.6. The van der Waals surface area contributed by atoms with Crippen molar-refractivity contribution in [2.24, 2.45) is 0 Å². The smallest absolute Gasteiger partial charge is 0.243 e. The Morgan fingerprint density at radius 3 is 1.15 bits per heavy atom. The van der Waals surface area contributed by atoms with Gasteiger partial charge in [-0.3, -0.25) is 0 Å². The summed E-state index contributed by atoms with van der Waals surface area (Å²) in [4.78, 5) is 0.428. The van der Waals surface area contributed by atoms with Crippen LogP contribution in [0.25, 0.3) is 33.9 Å². The number of methoxy groups -OCH3 is 2. The number of hydrogen-bond acceptors (Lipinski definition) is 8. The van der Waals surface area contributed by atoms with Crippen LogP contribution in [0.5, 0.6) is 11.5 Å². The van der Waals surface area contributed by atoms with Gasteiger partial charge in [-0.25, -0.2) is 26.2 Å². The van der Waals surface area contributed by atoms with Gasteiger partial charge in [0, 0.05) is 60.8 Å². The highest BCUT2D eigenvalue weighted by atomic mass is 32.2. The van der Waals surface area contributed by atoms with Gasteiger partial charge >= 0.3 is 0 Å². The fourth-order valence-corrected chi connectivity index (χ4v) is 11.0. The number of rotatable bonds is 21. The van der Waals surface area contributed by atoms with E-state index < -0.39 is 20.0 Å². The lowest BCUT2D eigenvalue weighted by Gasteiger charge is -2.23. The molecule has 0 unspecified atom stereocenters. The normalized spacial score (nSPS) is 11.9. The predicted molar refractivity (Wildman–Crippen MR) is 267 cm³/mol. The molecule has 0 fully saturated rings. The second-order valence-electron chi connectivity index (χ2n) is 16.7. The topological polar surface area (TPSA) is 129 Å². The number of unbranched alkanes of at least 4 members (excludes halogenated alkanes) is 3. The van der Waals surface area contributed by atoms with Crippen molar-refractivity contribution in [3.8, 4) is 45.4 Å². The largest absolute Gasteiger partial charge is 0.497 e. The van der Waals surface area contributed by atoms with Gasteiger partial charge in [0.15, 0.2) is 0 Å². The summed E-state index contributed by atoms with van der Waals surface area (Å²) in [5, 5.41) is 9.95. The van der Waals surface area contributed by atoms with E-state index in [1.165, 1.54) is 8.61 Å². The van der Waals surface area contributed by atoms with E-state index in [0.29, 0.717) is 48.6 Å². The van der Waals surface area contributed by atoms with E-state index in [9.17, 15) is 16.8 Å². The highest BCUT2D eigenvalue weighted by Crippen LogP contribution is 2.31. The van der Waals surface area contributed by atoms with Crippen molar-refractivity contribution >= 4 is 20.0 Å². The van der Waals surface area contributed by atoms with Crippen LogP contribution in [0.1, 0.15) is 47.9 Å². The molecule has 14 heteroatoms. The summed E-state index contributed by atoms with van der Waals surface area (Å²) < 4.78 is 75.7. The van der Waals surface area contributed by atoms with E-state index in [0.717, 1.165) is 44.8 Å². The van der Waals surface area contributed by atoms with Gasteiger partial charge in [-0.05, 0) is 124 Å². The molecule has 12 nitrogen and oxygen atoms in total. The molecule has 8 rings (SSSR count). The molecule has 0 spiro atoms. The Kier molecular flexibility index (Phi) is 15.0. The first kappa shape index (κ1) is 47.6. The number of benzene rings is 6. The van der Waals surface area contributed by atoms with Gasteiger partial charge < -0.3 is 9.47 Å². The number of aromatic nitrogens is 4. The molecule has 0 aliphatic heterocycles. The Hall–Kier alpha value is -6.84. The van der Waals surface area contributed by atoms with E-state index in [4.69, 9.17) is 19.7 Å². The lowest BCUT2D eigenvalue weighted by atomic mass is 10.1. The molecule has 6 aromatic carbocycles. The van der Waals surface area contributed by atoms with Crippen molar-refractivity contribution in [3.63, 3.8) is 0 Å². The Morgan fingerprint density at radius 2 is 0.809 bits per heavy atom. The fourth-order valence-electron chi connectivity index (χ4n) is 8.06. The number of ether oxygens (including phenoxy) is 2. The molecule has 0 radical (unpaired) electrons. The third-order valence-electron chi connectivity index (χ3n) is 11.9. The minimum Gasteiger partial charge on any atom is -0.497 e. The summed E-state index contributed by atoms with van der Waals surface area (Å²) in [7, 11) is -4.67. The van der Waals surface area contributed by atoms with E-state index in [-0.39, 0.29) is 36.0 Å². The maximum absolute atomic E-state index is 14.6. The highest BCUT2D eigenvalue weighted by molar-refractivity contribution is 7.89. The van der Waals surface area contributed by atoms with Gasteiger partial charge in [0.1, 0.15) is 11.5 Å². The van der Waals surface area contributed by atoms with Gasteiger partial charge in [-0.1, -0.05) is 84.6 Å². The quantitative estimate of drug-likeness (QED) is 0.0651. The van der Waals surface area contributed by atoms with Crippen molar-refractivity contribution in [2.45, 2.75) is 62.4 Å². The number of aryl methyl sites for hydroxylation is 2. The maximum Gasteiger partial charge on any atom is 0.243 e. The summed E-state index contributed by atoms with van der Waals surface area (Å²) in [6, 6.07) is 48.5. The zero-order valence-corrected chi connectivity index (χ0v) is 40.4. The van der Waals surface area contributed by atoms with Crippen LogP contribution in [0.4, 0.5) is 0 Å². The SMILES string of the molecule is COc1ccc(-c2nn(-c3ccccc3)cc2CN(CCCCCCN(Cc2cn(-c3ccccc3)nc2-c2ccc(OC)cc2)S(=O)(=O)c2ccc(C)cc2)S(=O)(=O)c2ccc(C)cc2)cc1. The Morgan fingerprint density at radius 1 is 0.456 bits per heavy atom. The van der Waals surface area contributed by atoms with Crippen molar-refractivity contribution in [3.05, 3.63) is 192 Å². The van der Waals surface area contributed by atoms with Crippen LogP contribution in [0.15, 0.2) is 180 Å². The minimum absolute atomic E-state index is 0.0835. The second kappa shape index (κ2) is 21.4. The van der Waals surface area contributed by atoms with E-state index >= 15 is 0 Å². The summed E-state index contributed by atoms with van der Waals surface area (Å²) >= 11 is 0. The summed E-state index contributed by atoms with van der Waals surface area (Å²) in [6.07, 6.45) is 6.22. The van der Waals surface area contributed by atoms with E-state index in [2.05, 4.69) is 0 Å². The molecule has 0 atom stereocenters. The van der Waals surface area contributed by atoms with Gasteiger partial charge in [-0.2, -0.15) is 18.8 Å². The molecule has 0 amide bonds. The van der Waals surface area contributed by atoms with Crippen LogP contribution in [0.2, 0.25) is 0 Å². The monoisotopic (exact) mass is 948 g/mol. The zero-order valence-electron chi connectivity index (χ0n) is 38.8. The zero-order chi connectivity index (χ0) is 47.7. The lowest BCUT2D eigenvalue weighted by molar-refractivity contribution is 0.376. The van der Waals surface area contributed by atoms with Crippen molar-refractivity contribution < 1.29 is 26.3 Å². The number of sulfonamides is 2. The van der Waals surface area contributed by atoms with E-state index in [1.807, 2.05) is 160 Å². The van der Waals surface area contributed by atoms with Crippen molar-refractivity contribution in [2.75, 3.05) is 27.3 Å². The molecule has 350 valence electrons. The molecule has 0 aliphatic carbocycles. The molecule has 0 aliphatic rings.